The number of carbonyl (C=O) groups excluding carboxylic acids is 1. The molecule has 2 atom stereocenters. The van der Waals surface area contributed by atoms with E-state index in [0.29, 0.717) is 6.42 Å². The van der Waals surface area contributed by atoms with Crippen LogP contribution in [0.3, 0.4) is 0 Å². The molecular weight excluding hydrogens is 200 g/mol. The normalized spacial score (nSPS) is 24.6. The van der Waals surface area contributed by atoms with Gasteiger partial charge in [0.1, 0.15) is 0 Å². The summed E-state index contributed by atoms with van der Waals surface area (Å²) in [4.78, 5) is 11.5. The molecular formula is C13H26N2O. The van der Waals surface area contributed by atoms with Crippen molar-refractivity contribution < 1.29 is 4.79 Å². The van der Waals surface area contributed by atoms with E-state index in [4.69, 9.17) is 5.73 Å². The summed E-state index contributed by atoms with van der Waals surface area (Å²) in [5.41, 5.74) is 5.40. The van der Waals surface area contributed by atoms with Crippen molar-refractivity contribution in [2.75, 3.05) is 13.1 Å². The molecule has 2 unspecified atom stereocenters. The standard InChI is InChI=1S/C13H26N2O/c1-11-6-7-12(9-11)10-15-13(16)5-3-2-4-8-14/h11-12H,2-10,14H2,1H3,(H,15,16). The Morgan fingerprint density at radius 3 is 2.75 bits per heavy atom. The van der Waals surface area contributed by atoms with Gasteiger partial charge >= 0.3 is 0 Å². The third-order valence-corrected chi connectivity index (χ3v) is 3.50. The van der Waals surface area contributed by atoms with Gasteiger partial charge in [0.05, 0.1) is 0 Å². The number of unbranched alkanes of at least 4 members (excludes halogenated alkanes) is 2. The van der Waals surface area contributed by atoms with Crippen LogP contribution < -0.4 is 11.1 Å². The Bertz CT molecular complexity index is 206. The van der Waals surface area contributed by atoms with Crippen molar-refractivity contribution >= 4 is 5.91 Å². The predicted octanol–water partition coefficient (Wildman–Crippen LogP) is 2.06. The van der Waals surface area contributed by atoms with Crippen LogP contribution in [0.5, 0.6) is 0 Å². The predicted molar refractivity (Wildman–Crippen MR) is 67.0 cm³/mol. The molecule has 1 saturated carbocycles. The molecule has 3 nitrogen and oxygen atoms in total. The molecule has 0 bridgehead atoms. The lowest BCUT2D eigenvalue weighted by Gasteiger charge is -2.10. The highest BCUT2D eigenvalue weighted by molar-refractivity contribution is 5.75. The molecule has 0 heterocycles. The lowest BCUT2D eigenvalue weighted by atomic mass is 10.1. The average Bonchev–Trinajstić information content (AvgIpc) is 2.68. The summed E-state index contributed by atoms with van der Waals surface area (Å²) in [5.74, 6) is 1.80. The monoisotopic (exact) mass is 226 g/mol. The van der Waals surface area contributed by atoms with E-state index in [1.807, 2.05) is 0 Å². The second-order valence-corrected chi connectivity index (χ2v) is 5.19. The maximum Gasteiger partial charge on any atom is 0.220 e. The van der Waals surface area contributed by atoms with E-state index in [9.17, 15) is 4.79 Å². The maximum absolute atomic E-state index is 11.5. The van der Waals surface area contributed by atoms with Gasteiger partial charge in [0, 0.05) is 13.0 Å². The first-order valence-corrected chi connectivity index (χ1v) is 6.69. The van der Waals surface area contributed by atoms with Crippen LogP contribution >= 0.6 is 0 Å². The molecule has 0 aromatic carbocycles. The Kier molecular flexibility index (Phi) is 6.46. The lowest BCUT2D eigenvalue weighted by molar-refractivity contribution is -0.121. The molecule has 0 aromatic heterocycles. The Labute approximate surface area is 99.2 Å². The first-order valence-electron chi connectivity index (χ1n) is 6.69. The molecule has 0 aliphatic heterocycles. The molecule has 1 aliphatic rings. The maximum atomic E-state index is 11.5. The summed E-state index contributed by atoms with van der Waals surface area (Å²) in [6.07, 6.45) is 7.66. The van der Waals surface area contributed by atoms with Gasteiger partial charge in [0.25, 0.3) is 0 Å². The van der Waals surface area contributed by atoms with E-state index in [0.717, 1.165) is 44.2 Å². The van der Waals surface area contributed by atoms with Crippen LogP contribution in [0.25, 0.3) is 0 Å². The molecule has 3 heteroatoms. The summed E-state index contributed by atoms with van der Waals surface area (Å²) in [5, 5.41) is 3.05. The molecule has 1 amide bonds. The highest BCUT2D eigenvalue weighted by Gasteiger charge is 2.21. The van der Waals surface area contributed by atoms with Gasteiger partial charge in [-0.15, -0.1) is 0 Å². The Hall–Kier alpha value is -0.570. The molecule has 3 N–H and O–H groups in total. The van der Waals surface area contributed by atoms with Crippen molar-refractivity contribution in [1.29, 1.82) is 0 Å². The van der Waals surface area contributed by atoms with E-state index in [1.54, 1.807) is 0 Å². The van der Waals surface area contributed by atoms with Gasteiger partial charge in [0.2, 0.25) is 5.91 Å². The van der Waals surface area contributed by atoms with Gasteiger partial charge in [-0.05, 0) is 44.1 Å². The van der Waals surface area contributed by atoms with E-state index in [-0.39, 0.29) is 5.91 Å². The highest BCUT2D eigenvalue weighted by atomic mass is 16.1. The minimum Gasteiger partial charge on any atom is -0.356 e. The van der Waals surface area contributed by atoms with Gasteiger partial charge in [-0.2, -0.15) is 0 Å². The van der Waals surface area contributed by atoms with E-state index >= 15 is 0 Å². The van der Waals surface area contributed by atoms with Gasteiger partial charge in [-0.1, -0.05) is 19.8 Å². The van der Waals surface area contributed by atoms with E-state index < -0.39 is 0 Å². The van der Waals surface area contributed by atoms with Crippen LogP contribution in [0.2, 0.25) is 0 Å². The van der Waals surface area contributed by atoms with Gasteiger partial charge in [0.15, 0.2) is 0 Å². The van der Waals surface area contributed by atoms with Gasteiger partial charge in [-0.3, -0.25) is 4.79 Å². The Morgan fingerprint density at radius 2 is 2.12 bits per heavy atom. The highest BCUT2D eigenvalue weighted by Crippen LogP contribution is 2.29. The first kappa shape index (κ1) is 13.5. The fourth-order valence-electron chi connectivity index (χ4n) is 2.46. The minimum atomic E-state index is 0.219. The topological polar surface area (TPSA) is 55.1 Å². The molecule has 1 aliphatic carbocycles. The van der Waals surface area contributed by atoms with E-state index in [2.05, 4.69) is 12.2 Å². The summed E-state index contributed by atoms with van der Waals surface area (Å²) in [6, 6.07) is 0. The third kappa shape index (κ3) is 5.50. The van der Waals surface area contributed by atoms with Crippen molar-refractivity contribution in [3.8, 4) is 0 Å². The summed E-state index contributed by atoms with van der Waals surface area (Å²) in [7, 11) is 0. The van der Waals surface area contributed by atoms with Crippen LogP contribution in [0.15, 0.2) is 0 Å². The largest absolute Gasteiger partial charge is 0.356 e. The number of carbonyl (C=O) groups is 1. The molecule has 94 valence electrons. The molecule has 0 aromatic rings. The average molecular weight is 226 g/mol. The number of nitrogens with two attached hydrogens (primary N) is 1. The quantitative estimate of drug-likeness (QED) is 0.653. The summed E-state index contributed by atoms with van der Waals surface area (Å²) >= 11 is 0. The van der Waals surface area contributed by atoms with Crippen molar-refractivity contribution in [3.63, 3.8) is 0 Å². The first-order chi connectivity index (χ1) is 7.72. The van der Waals surface area contributed by atoms with Crippen LogP contribution in [-0.4, -0.2) is 19.0 Å². The third-order valence-electron chi connectivity index (χ3n) is 3.50. The Balaban J connectivity index is 1.97. The molecule has 16 heavy (non-hydrogen) atoms. The van der Waals surface area contributed by atoms with Crippen LogP contribution in [-0.2, 0) is 4.79 Å². The molecule has 0 saturated heterocycles. The number of nitrogens with one attached hydrogen (secondary N) is 1. The van der Waals surface area contributed by atoms with Crippen molar-refractivity contribution in [1.82, 2.24) is 5.32 Å². The zero-order valence-corrected chi connectivity index (χ0v) is 10.5. The molecule has 1 fully saturated rings. The number of hydrogen-bond acceptors (Lipinski definition) is 2. The second kappa shape index (κ2) is 7.66. The van der Waals surface area contributed by atoms with Crippen molar-refractivity contribution in [3.05, 3.63) is 0 Å². The number of amides is 1. The number of rotatable bonds is 7. The molecule has 0 spiro atoms. The van der Waals surface area contributed by atoms with Gasteiger partial charge < -0.3 is 11.1 Å². The van der Waals surface area contributed by atoms with Crippen LogP contribution in [0, 0.1) is 11.8 Å². The number of hydrogen-bond donors (Lipinski definition) is 2. The second-order valence-electron chi connectivity index (χ2n) is 5.19. The molecule has 0 radical (unpaired) electrons. The zero-order valence-electron chi connectivity index (χ0n) is 10.5. The van der Waals surface area contributed by atoms with Crippen molar-refractivity contribution in [2.24, 2.45) is 17.6 Å². The van der Waals surface area contributed by atoms with E-state index in [1.165, 1.54) is 19.3 Å². The zero-order chi connectivity index (χ0) is 11.8. The minimum absolute atomic E-state index is 0.219. The van der Waals surface area contributed by atoms with Crippen LogP contribution in [0.1, 0.15) is 51.9 Å². The van der Waals surface area contributed by atoms with Crippen LogP contribution in [0.4, 0.5) is 0 Å². The van der Waals surface area contributed by atoms with Crippen molar-refractivity contribution in [2.45, 2.75) is 51.9 Å². The summed E-state index contributed by atoms with van der Waals surface area (Å²) in [6.45, 7) is 3.93. The Morgan fingerprint density at radius 1 is 1.31 bits per heavy atom. The van der Waals surface area contributed by atoms with Gasteiger partial charge in [-0.25, -0.2) is 0 Å². The lowest BCUT2D eigenvalue weighted by Crippen LogP contribution is -2.28. The molecule has 1 rings (SSSR count). The summed E-state index contributed by atoms with van der Waals surface area (Å²) < 4.78 is 0. The fourth-order valence-corrected chi connectivity index (χ4v) is 2.46. The SMILES string of the molecule is CC1CCC(CNC(=O)CCCCCN)C1. The smallest absolute Gasteiger partial charge is 0.220 e. The fraction of sp³-hybridized carbons (Fsp3) is 0.923.